The minimum absolute atomic E-state index is 0.135. The number of hydrogen-bond donors (Lipinski definition) is 1. The van der Waals surface area contributed by atoms with Gasteiger partial charge in [0.2, 0.25) is 10.0 Å². The Bertz CT molecular complexity index is 1210. The monoisotopic (exact) mass is 444 g/mol. The smallest absolute Gasteiger partial charge is 0.247 e. The van der Waals surface area contributed by atoms with Crippen LogP contribution >= 0.6 is 0 Å². The van der Waals surface area contributed by atoms with Crippen LogP contribution in [0.5, 0.6) is 0 Å². The minimum atomic E-state index is -3.46. The topological polar surface area (TPSA) is 88.1 Å². The lowest BCUT2D eigenvalue weighted by Gasteiger charge is -2.31. The van der Waals surface area contributed by atoms with Crippen molar-refractivity contribution in [3.05, 3.63) is 81.8 Å². The number of nitrogens with zero attached hydrogens (tertiary/aromatic N) is 3. The number of rotatable bonds is 6. The van der Waals surface area contributed by atoms with Crippen LogP contribution in [-0.4, -0.2) is 40.6 Å². The fraction of sp³-hybridized carbons (Fsp3) is 0.364. The third-order valence-electron chi connectivity index (χ3n) is 5.80. The summed E-state index contributed by atoms with van der Waals surface area (Å²) in [6.07, 6.45) is 1.98. The van der Waals surface area contributed by atoms with Crippen LogP contribution < -0.4 is 5.69 Å². The van der Waals surface area contributed by atoms with Gasteiger partial charge in [0.15, 0.2) is 0 Å². The van der Waals surface area contributed by atoms with Gasteiger partial charge >= 0.3 is 5.69 Å². The van der Waals surface area contributed by atoms with E-state index < -0.39 is 10.0 Å². The van der Waals surface area contributed by atoms with Gasteiger partial charge in [-0.3, -0.25) is 0 Å². The normalized spacial score (nSPS) is 15.9. The number of benzene rings is 2. The average molecular weight is 445 g/mol. The molecule has 0 atom stereocenters. The van der Waals surface area contributed by atoms with Gasteiger partial charge in [0.1, 0.15) is 11.6 Å². The Hall–Kier alpha value is -2.78. The van der Waals surface area contributed by atoms with E-state index in [-0.39, 0.29) is 23.2 Å². The van der Waals surface area contributed by atoms with E-state index in [0.717, 1.165) is 11.3 Å². The van der Waals surface area contributed by atoms with Crippen LogP contribution in [0, 0.1) is 18.7 Å². The van der Waals surface area contributed by atoms with Gasteiger partial charge in [-0.15, -0.1) is 0 Å². The van der Waals surface area contributed by atoms with E-state index in [9.17, 15) is 17.6 Å². The maximum absolute atomic E-state index is 13.1. The summed E-state index contributed by atoms with van der Waals surface area (Å²) < 4.78 is 41.7. The van der Waals surface area contributed by atoms with Crippen molar-refractivity contribution in [2.45, 2.75) is 31.9 Å². The van der Waals surface area contributed by atoms with Crippen LogP contribution in [0.4, 0.5) is 4.39 Å². The Balaban J connectivity index is 1.42. The van der Waals surface area contributed by atoms with E-state index in [1.807, 2.05) is 31.2 Å². The minimum Gasteiger partial charge on any atom is -0.247 e. The van der Waals surface area contributed by atoms with E-state index in [0.29, 0.717) is 43.7 Å². The molecule has 1 saturated heterocycles. The number of aromatic amines is 1. The number of para-hydroxylation sites is 1. The summed E-state index contributed by atoms with van der Waals surface area (Å²) >= 11 is 0. The third kappa shape index (κ3) is 4.77. The standard InChI is InChI=1S/C22H25FN4O3S/c1-16-4-2-3-5-20(16)27-21(24-25-22(27)28)14-17-10-12-26(13-11-17)31(29,30)15-18-6-8-19(23)9-7-18/h2-9,17H,10-15H2,1H3,(H,25,28). The Morgan fingerprint density at radius 2 is 1.77 bits per heavy atom. The van der Waals surface area contributed by atoms with Crippen molar-refractivity contribution in [3.63, 3.8) is 0 Å². The maximum Gasteiger partial charge on any atom is 0.347 e. The van der Waals surface area contributed by atoms with Gasteiger partial charge in [-0.2, -0.15) is 5.10 Å². The number of H-pyrrole nitrogens is 1. The maximum atomic E-state index is 13.1. The molecule has 1 fully saturated rings. The van der Waals surface area contributed by atoms with Gasteiger partial charge in [-0.25, -0.2) is 31.6 Å². The molecule has 0 unspecified atom stereocenters. The fourth-order valence-electron chi connectivity index (χ4n) is 4.06. The molecule has 1 aliphatic rings. The lowest BCUT2D eigenvalue weighted by Crippen LogP contribution is -2.39. The highest BCUT2D eigenvalue weighted by atomic mass is 32.2. The molecule has 3 aromatic rings. The van der Waals surface area contributed by atoms with Crippen molar-refractivity contribution in [2.24, 2.45) is 5.92 Å². The molecule has 2 heterocycles. The number of aryl methyl sites for hydroxylation is 1. The third-order valence-corrected chi connectivity index (χ3v) is 7.65. The molecule has 0 spiro atoms. The predicted octanol–water partition coefficient (Wildman–Crippen LogP) is 2.79. The van der Waals surface area contributed by atoms with Crippen LogP contribution in [0.25, 0.3) is 5.69 Å². The van der Waals surface area contributed by atoms with Crippen molar-refractivity contribution in [3.8, 4) is 5.69 Å². The number of halogens is 1. The Kier molecular flexibility index (Phi) is 6.06. The van der Waals surface area contributed by atoms with E-state index in [4.69, 9.17) is 0 Å². The molecule has 0 aliphatic carbocycles. The van der Waals surface area contributed by atoms with Crippen LogP contribution in [0.1, 0.15) is 29.8 Å². The molecule has 1 aliphatic heterocycles. The highest BCUT2D eigenvalue weighted by Crippen LogP contribution is 2.25. The summed E-state index contributed by atoms with van der Waals surface area (Å²) in [5, 5.41) is 6.76. The summed E-state index contributed by atoms with van der Waals surface area (Å²) in [5.41, 5.74) is 2.08. The van der Waals surface area contributed by atoms with Crippen LogP contribution in [0.15, 0.2) is 53.3 Å². The van der Waals surface area contributed by atoms with Crippen LogP contribution in [0.3, 0.4) is 0 Å². The molecule has 4 rings (SSSR count). The molecule has 7 nitrogen and oxygen atoms in total. The second-order valence-corrected chi connectivity index (χ2v) is 9.97. The highest BCUT2D eigenvalue weighted by Gasteiger charge is 2.29. The highest BCUT2D eigenvalue weighted by molar-refractivity contribution is 7.88. The zero-order valence-corrected chi connectivity index (χ0v) is 18.1. The molecule has 0 saturated carbocycles. The largest absolute Gasteiger partial charge is 0.347 e. The van der Waals surface area contributed by atoms with E-state index in [2.05, 4.69) is 10.2 Å². The first-order valence-corrected chi connectivity index (χ1v) is 11.9. The van der Waals surface area contributed by atoms with Crippen LogP contribution in [0.2, 0.25) is 0 Å². The molecular weight excluding hydrogens is 419 g/mol. The SMILES string of the molecule is Cc1ccccc1-n1c(CC2CCN(S(=O)(=O)Cc3ccc(F)cc3)CC2)n[nH]c1=O. The first-order valence-electron chi connectivity index (χ1n) is 10.3. The molecule has 1 aromatic heterocycles. The Morgan fingerprint density at radius 3 is 2.45 bits per heavy atom. The lowest BCUT2D eigenvalue weighted by molar-refractivity contribution is 0.269. The van der Waals surface area contributed by atoms with Gasteiger partial charge in [0.25, 0.3) is 0 Å². The number of hydrogen-bond acceptors (Lipinski definition) is 4. The molecule has 1 N–H and O–H groups in total. The molecule has 2 aromatic carbocycles. The number of aromatic nitrogens is 3. The van der Waals surface area contributed by atoms with Crippen molar-refractivity contribution in [1.29, 1.82) is 0 Å². The Labute approximate surface area is 180 Å². The Morgan fingerprint density at radius 1 is 1.10 bits per heavy atom. The molecule has 0 bridgehead atoms. The van der Waals surface area contributed by atoms with Gasteiger partial charge in [0, 0.05) is 19.5 Å². The van der Waals surface area contributed by atoms with Gasteiger partial charge < -0.3 is 0 Å². The summed E-state index contributed by atoms with van der Waals surface area (Å²) in [6.45, 7) is 2.80. The molecule has 9 heteroatoms. The van der Waals surface area contributed by atoms with Crippen LogP contribution in [-0.2, 0) is 22.2 Å². The van der Waals surface area contributed by atoms with Gasteiger partial charge in [0.05, 0.1) is 11.4 Å². The average Bonchev–Trinajstić information content (AvgIpc) is 3.10. The molecular formula is C22H25FN4O3S. The van der Waals surface area contributed by atoms with Gasteiger partial charge in [-0.05, 0) is 55.0 Å². The summed E-state index contributed by atoms with van der Waals surface area (Å²) in [7, 11) is -3.46. The second-order valence-electron chi connectivity index (χ2n) is 8.00. The summed E-state index contributed by atoms with van der Waals surface area (Å²) in [6, 6.07) is 13.2. The molecule has 0 amide bonds. The van der Waals surface area contributed by atoms with E-state index in [1.54, 1.807) is 4.57 Å². The fourth-order valence-corrected chi connectivity index (χ4v) is 5.62. The molecule has 0 radical (unpaired) electrons. The zero-order chi connectivity index (χ0) is 22.0. The second kappa shape index (κ2) is 8.76. The summed E-state index contributed by atoms with van der Waals surface area (Å²) in [5.74, 6) is 0.371. The number of nitrogens with one attached hydrogen (secondary N) is 1. The predicted molar refractivity (Wildman–Crippen MR) is 116 cm³/mol. The van der Waals surface area contributed by atoms with Gasteiger partial charge in [-0.1, -0.05) is 30.3 Å². The van der Waals surface area contributed by atoms with Crippen molar-refractivity contribution in [2.75, 3.05) is 13.1 Å². The quantitative estimate of drug-likeness (QED) is 0.633. The number of piperidine rings is 1. The van der Waals surface area contributed by atoms with E-state index >= 15 is 0 Å². The first-order chi connectivity index (χ1) is 14.8. The number of sulfonamides is 1. The molecule has 164 valence electrons. The van der Waals surface area contributed by atoms with Crippen molar-refractivity contribution < 1.29 is 12.8 Å². The summed E-state index contributed by atoms with van der Waals surface area (Å²) in [4.78, 5) is 12.3. The van der Waals surface area contributed by atoms with Crippen molar-refractivity contribution in [1.82, 2.24) is 19.1 Å². The molecule has 31 heavy (non-hydrogen) atoms. The zero-order valence-electron chi connectivity index (χ0n) is 17.3. The van der Waals surface area contributed by atoms with E-state index in [1.165, 1.54) is 28.6 Å². The van der Waals surface area contributed by atoms with Crippen molar-refractivity contribution >= 4 is 10.0 Å². The lowest BCUT2D eigenvalue weighted by atomic mass is 9.94. The first kappa shape index (κ1) is 21.5.